The second-order valence-corrected chi connectivity index (χ2v) is 6.59. The second kappa shape index (κ2) is 7.21. The Hall–Kier alpha value is -2.57. The van der Waals surface area contributed by atoms with E-state index in [1.807, 2.05) is 6.08 Å². The second-order valence-electron chi connectivity index (χ2n) is 6.59. The van der Waals surface area contributed by atoms with Crippen molar-refractivity contribution in [3.63, 3.8) is 0 Å². The topological polar surface area (TPSA) is 55.4 Å². The first-order valence-corrected chi connectivity index (χ1v) is 8.79. The molecule has 7 heteroatoms. The molecule has 0 bridgehead atoms. The van der Waals surface area contributed by atoms with Crippen molar-refractivity contribution in [1.82, 2.24) is 5.32 Å². The van der Waals surface area contributed by atoms with Crippen LogP contribution in [0.25, 0.3) is 0 Å². The fraction of sp³-hybridized carbons (Fsp3) is 0.400. The van der Waals surface area contributed by atoms with Crippen LogP contribution in [0.5, 0.6) is 0 Å². The van der Waals surface area contributed by atoms with Crippen LogP contribution in [0.2, 0.25) is 0 Å². The number of hydrogen-bond donors (Lipinski definition) is 1. The van der Waals surface area contributed by atoms with Gasteiger partial charge in [0.1, 0.15) is 5.78 Å². The van der Waals surface area contributed by atoms with E-state index in [4.69, 9.17) is 4.74 Å². The lowest BCUT2D eigenvalue weighted by Gasteiger charge is -2.38. The van der Waals surface area contributed by atoms with Crippen LogP contribution >= 0.6 is 0 Å². The van der Waals surface area contributed by atoms with E-state index in [2.05, 4.69) is 5.32 Å². The number of carbonyl (C=O) groups is 2. The maximum absolute atomic E-state index is 13.7. The number of fused-ring (bicyclic) bond motifs is 1. The molecule has 4 nitrogen and oxygen atoms in total. The molecule has 1 aliphatic heterocycles. The molecule has 0 fully saturated rings. The molecule has 0 aromatic heterocycles. The number of Topliss-reactive ketones (excluding diaryl/α,β-unsaturated/α-hetero) is 1. The number of carbonyl (C=O) groups excluding carboxylic acids is 2. The van der Waals surface area contributed by atoms with Gasteiger partial charge in [-0.05, 0) is 31.9 Å². The van der Waals surface area contributed by atoms with E-state index in [0.29, 0.717) is 17.8 Å². The largest absolute Gasteiger partial charge is 0.463 e. The molecule has 2 atom stereocenters. The van der Waals surface area contributed by atoms with Crippen LogP contribution in [0.4, 0.5) is 13.2 Å². The molecule has 3 rings (SSSR count). The highest BCUT2D eigenvalue weighted by Gasteiger charge is 2.46. The maximum atomic E-state index is 13.7. The minimum Gasteiger partial charge on any atom is -0.463 e. The van der Waals surface area contributed by atoms with E-state index >= 15 is 0 Å². The monoisotopic (exact) mass is 379 g/mol. The highest BCUT2D eigenvalue weighted by atomic mass is 19.4. The van der Waals surface area contributed by atoms with Gasteiger partial charge in [-0.25, -0.2) is 4.79 Å². The van der Waals surface area contributed by atoms with E-state index in [0.717, 1.165) is 6.07 Å². The average Bonchev–Trinajstić information content (AvgIpc) is 2.60. The van der Waals surface area contributed by atoms with E-state index in [9.17, 15) is 22.8 Å². The van der Waals surface area contributed by atoms with Crippen LogP contribution in [0.3, 0.4) is 0 Å². The number of benzene rings is 1. The Kier molecular flexibility index (Phi) is 5.13. The number of esters is 1. The van der Waals surface area contributed by atoms with Crippen LogP contribution in [-0.4, -0.2) is 18.4 Å². The minimum absolute atomic E-state index is 0.0750. The standard InChI is InChI=1S/C20H20F3NO3/c1-3-27-19(26)16-11(2)24-14-9-6-10-15(25)18(14)17(16)12-7-4-5-8-13(12)20(21,22)23/h4-5,7-9,17-18,24H,3,6,10H2,1-2H3. The minimum atomic E-state index is -4.60. The normalized spacial score (nSPS) is 22.7. The fourth-order valence-electron chi connectivity index (χ4n) is 3.85. The molecule has 0 saturated heterocycles. The van der Waals surface area contributed by atoms with Crippen molar-refractivity contribution in [2.45, 2.75) is 38.8 Å². The Labute approximate surface area is 155 Å². The van der Waals surface area contributed by atoms with Crippen molar-refractivity contribution in [3.8, 4) is 0 Å². The van der Waals surface area contributed by atoms with Crippen molar-refractivity contribution >= 4 is 11.8 Å². The summed E-state index contributed by atoms with van der Waals surface area (Å²) in [4.78, 5) is 25.3. The lowest BCUT2D eigenvalue weighted by atomic mass is 9.70. The van der Waals surface area contributed by atoms with E-state index < -0.39 is 29.5 Å². The summed E-state index contributed by atoms with van der Waals surface area (Å²) in [7, 11) is 0. The Morgan fingerprint density at radius 3 is 2.63 bits per heavy atom. The first-order chi connectivity index (χ1) is 12.8. The lowest BCUT2D eigenvalue weighted by Crippen LogP contribution is -2.41. The van der Waals surface area contributed by atoms with Gasteiger partial charge in [-0.2, -0.15) is 13.2 Å². The van der Waals surface area contributed by atoms with E-state index in [1.165, 1.54) is 18.2 Å². The van der Waals surface area contributed by atoms with Gasteiger partial charge in [0.25, 0.3) is 0 Å². The van der Waals surface area contributed by atoms with Gasteiger partial charge in [0, 0.05) is 23.7 Å². The van der Waals surface area contributed by atoms with Crippen LogP contribution in [0.15, 0.2) is 47.3 Å². The molecular formula is C20H20F3NO3. The van der Waals surface area contributed by atoms with Crippen LogP contribution in [0, 0.1) is 5.92 Å². The first kappa shape index (κ1) is 19.2. The molecule has 0 saturated carbocycles. The van der Waals surface area contributed by atoms with Gasteiger partial charge in [0.05, 0.1) is 23.7 Å². The van der Waals surface area contributed by atoms with Gasteiger partial charge in [0.15, 0.2) is 0 Å². The van der Waals surface area contributed by atoms with E-state index in [-0.39, 0.29) is 29.9 Å². The Morgan fingerprint density at radius 2 is 1.96 bits per heavy atom. The van der Waals surface area contributed by atoms with Gasteiger partial charge >= 0.3 is 12.1 Å². The quantitative estimate of drug-likeness (QED) is 0.804. The number of hydrogen-bond acceptors (Lipinski definition) is 4. The fourth-order valence-corrected chi connectivity index (χ4v) is 3.85. The zero-order valence-corrected chi connectivity index (χ0v) is 15.0. The highest BCUT2D eigenvalue weighted by molar-refractivity contribution is 5.96. The summed E-state index contributed by atoms with van der Waals surface area (Å²) in [5, 5.41) is 3.03. The summed E-state index contributed by atoms with van der Waals surface area (Å²) in [6.45, 7) is 3.33. The van der Waals surface area contributed by atoms with Crippen LogP contribution < -0.4 is 5.32 Å². The number of ketones is 1. The van der Waals surface area contributed by atoms with Crippen molar-refractivity contribution in [2.24, 2.45) is 5.92 Å². The number of halogens is 3. The number of alkyl halides is 3. The molecule has 1 aliphatic carbocycles. The number of allylic oxidation sites excluding steroid dienone is 3. The molecule has 2 aliphatic rings. The molecule has 1 aromatic rings. The van der Waals surface area contributed by atoms with Crippen molar-refractivity contribution in [3.05, 3.63) is 58.4 Å². The third kappa shape index (κ3) is 3.50. The Bertz CT molecular complexity index is 839. The third-order valence-electron chi connectivity index (χ3n) is 4.91. The van der Waals surface area contributed by atoms with Crippen molar-refractivity contribution in [2.75, 3.05) is 6.61 Å². The van der Waals surface area contributed by atoms with Gasteiger partial charge in [-0.15, -0.1) is 0 Å². The van der Waals surface area contributed by atoms with Crippen LogP contribution in [-0.2, 0) is 20.5 Å². The number of rotatable bonds is 3. The zero-order valence-electron chi connectivity index (χ0n) is 15.0. The van der Waals surface area contributed by atoms with Gasteiger partial charge < -0.3 is 10.1 Å². The molecular weight excluding hydrogens is 359 g/mol. The first-order valence-electron chi connectivity index (χ1n) is 8.79. The summed E-state index contributed by atoms with van der Waals surface area (Å²) >= 11 is 0. The average molecular weight is 379 g/mol. The van der Waals surface area contributed by atoms with Gasteiger partial charge in [0.2, 0.25) is 0 Å². The predicted octanol–water partition coefficient (Wildman–Crippen LogP) is 4.09. The molecule has 0 amide bonds. The maximum Gasteiger partial charge on any atom is 0.416 e. The molecule has 1 aromatic carbocycles. The van der Waals surface area contributed by atoms with Gasteiger partial charge in [-0.1, -0.05) is 24.3 Å². The summed E-state index contributed by atoms with van der Waals surface area (Å²) in [6, 6.07) is 5.10. The summed E-state index contributed by atoms with van der Waals surface area (Å²) < 4.78 is 46.0. The van der Waals surface area contributed by atoms with Crippen molar-refractivity contribution in [1.29, 1.82) is 0 Å². The summed E-state index contributed by atoms with van der Waals surface area (Å²) in [5.41, 5.74) is 0.113. The van der Waals surface area contributed by atoms with Crippen LogP contribution in [0.1, 0.15) is 43.7 Å². The molecule has 2 unspecified atom stereocenters. The lowest BCUT2D eigenvalue weighted by molar-refractivity contribution is -0.141. The SMILES string of the molecule is CCOC(=O)C1=C(C)NC2=CCCC(=O)C2C1c1ccccc1C(F)(F)F. The number of ether oxygens (including phenoxy) is 1. The smallest absolute Gasteiger partial charge is 0.416 e. The third-order valence-corrected chi connectivity index (χ3v) is 4.91. The Balaban J connectivity index is 2.25. The highest BCUT2D eigenvalue weighted by Crippen LogP contribution is 2.47. The van der Waals surface area contributed by atoms with Gasteiger partial charge in [-0.3, -0.25) is 4.79 Å². The zero-order chi connectivity index (χ0) is 19.8. The molecule has 27 heavy (non-hydrogen) atoms. The molecule has 1 N–H and O–H groups in total. The predicted molar refractivity (Wildman–Crippen MR) is 92.5 cm³/mol. The molecule has 0 radical (unpaired) electrons. The Morgan fingerprint density at radius 1 is 1.26 bits per heavy atom. The molecule has 144 valence electrons. The summed E-state index contributed by atoms with van der Waals surface area (Å²) in [6.07, 6.45) is -2.03. The summed E-state index contributed by atoms with van der Waals surface area (Å²) in [5.74, 6) is -2.79. The molecule has 1 heterocycles. The van der Waals surface area contributed by atoms with Crippen molar-refractivity contribution < 1.29 is 27.5 Å². The van der Waals surface area contributed by atoms with E-state index in [1.54, 1.807) is 13.8 Å². The number of nitrogens with one attached hydrogen (secondary N) is 1. The molecule has 0 spiro atoms.